The second-order valence-electron chi connectivity index (χ2n) is 5.45. The zero-order valence-corrected chi connectivity index (χ0v) is 16.5. The van der Waals surface area contributed by atoms with E-state index in [1.54, 1.807) is 11.8 Å². The molecular weight excluding hydrogens is 356 g/mol. The van der Waals surface area contributed by atoms with Gasteiger partial charge < -0.3 is 14.6 Å². The summed E-state index contributed by atoms with van der Waals surface area (Å²) in [6.07, 6.45) is 1.97. The summed E-state index contributed by atoms with van der Waals surface area (Å²) in [6, 6.07) is 8.38. The van der Waals surface area contributed by atoms with Gasteiger partial charge >= 0.3 is 0 Å². The van der Waals surface area contributed by atoms with Gasteiger partial charge in [0, 0.05) is 25.3 Å². The van der Waals surface area contributed by atoms with E-state index < -0.39 is 0 Å². The normalized spacial score (nSPS) is 10.7. The van der Waals surface area contributed by atoms with E-state index in [2.05, 4.69) is 58.5 Å². The SMILES string of the molecule is CCN(CCNC(=O)CSc1nnc(CSC)o1)c1cccc(C)c1. The van der Waals surface area contributed by atoms with Crippen LogP contribution < -0.4 is 10.2 Å². The predicted molar refractivity (Wildman–Crippen MR) is 104 cm³/mol. The van der Waals surface area contributed by atoms with Crippen molar-refractivity contribution in [2.45, 2.75) is 24.8 Å². The van der Waals surface area contributed by atoms with Crippen molar-refractivity contribution in [3.8, 4) is 0 Å². The quantitative estimate of drug-likeness (QED) is 0.635. The maximum absolute atomic E-state index is 12.0. The lowest BCUT2D eigenvalue weighted by Crippen LogP contribution is -2.35. The first-order valence-electron chi connectivity index (χ1n) is 8.14. The van der Waals surface area contributed by atoms with E-state index in [-0.39, 0.29) is 11.7 Å². The summed E-state index contributed by atoms with van der Waals surface area (Å²) in [6.45, 7) is 6.46. The van der Waals surface area contributed by atoms with Crippen LogP contribution in [0.4, 0.5) is 5.69 Å². The molecule has 0 bridgehead atoms. The molecule has 0 unspecified atom stereocenters. The van der Waals surface area contributed by atoms with Crippen LogP contribution >= 0.6 is 23.5 Å². The lowest BCUT2D eigenvalue weighted by molar-refractivity contribution is -0.118. The summed E-state index contributed by atoms with van der Waals surface area (Å²) in [4.78, 5) is 14.2. The Hall–Kier alpha value is -1.67. The molecule has 1 N–H and O–H groups in total. The third-order valence-corrected chi connectivity index (χ3v) is 4.85. The van der Waals surface area contributed by atoms with E-state index >= 15 is 0 Å². The smallest absolute Gasteiger partial charge is 0.277 e. The Balaban J connectivity index is 1.71. The largest absolute Gasteiger partial charge is 0.415 e. The Bertz CT molecular complexity index is 678. The number of anilines is 1. The van der Waals surface area contributed by atoms with Gasteiger partial charge in [-0.3, -0.25) is 4.79 Å². The summed E-state index contributed by atoms with van der Waals surface area (Å²) in [5.41, 5.74) is 2.41. The van der Waals surface area contributed by atoms with Crippen molar-refractivity contribution in [3.63, 3.8) is 0 Å². The van der Waals surface area contributed by atoms with Gasteiger partial charge in [0.1, 0.15) is 0 Å². The molecule has 0 spiro atoms. The molecule has 1 heterocycles. The first-order chi connectivity index (χ1) is 12.1. The molecule has 0 fully saturated rings. The number of nitrogens with one attached hydrogen (secondary N) is 1. The van der Waals surface area contributed by atoms with E-state index in [0.717, 1.165) is 13.1 Å². The number of aryl methyl sites for hydroxylation is 1. The van der Waals surface area contributed by atoms with Gasteiger partial charge in [-0.05, 0) is 37.8 Å². The van der Waals surface area contributed by atoms with E-state index in [1.807, 2.05) is 6.26 Å². The third kappa shape index (κ3) is 6.62. The number of thioether (sulfide) groups is 2. The van der Waals surface area contributed by atoms with Crippen LogP contribution in [0.2, 0.25) is 0 Å². The van der Waals surface area contributed by atoms with Crippen LogP contribution in [-0.2, 0) is 10.5 Å². The number of nitrogens with zero attached hydrogens (tertiary/aromatic N) is 3. The zero-order chi connectivity index (χ0) is 18.1. The number of benzene rings is 1. The van der Waals surface area contributed by atoms with Crippen LogP contribution in [0, 0.1) is 6.92 Å². The predicted octanol–water partition coefficient (Wildman–Crippen LogP) is 2.98. The van der Waals surface area contributed by atoms with E-state index in [4.69, 9.17) is 4.42 Å². The highest BCUT2D eigenvalue weighted by molar-refractivity contribution is 7.99. The Labute approximate surface area is 157 Å². The molecule has 136 valence electrons. The fourth-order valence-corrected chi connectivity index (χ4v) is 3.26. The zero-order valence-electron chi connectivity index (χ0n) is 14.8. The minimum atomic E-state index is -0.0325. The second-order valence-corrected chi connectivity index (χ2v) is 7.24. The molecule has 6 nitrogen and oxygen atoms in total. The average Bonchev–Trinajstić information content (AvgIpc) is 3.05. The first kappa shape index (κ1) is 19.7. The molecule has 0 radical (unpaired) electrons. The fourth-order valence-electron chi connectivity index (χ4n) is 2.28. The van der Waals surface area contributed by atoms with Gasteiger partial charge in [0.25, 0.3) is 5.22 Å². The number of carbonyl (C=O) groups is 1. The van der Waals surface area contributed by atoms with Crippen LogP contribution in [0.5, 0.6) is 0 Å². The molecule has 0 saturated carbocycles. The van der Waals surface area contributed by atoms with E-state index in [9.17, 15) is 4.79 Å². The van der Waals surface area contributed by atoms with E-state index in [1.165, 1.54) is 23.0 Å². The second kappa shape index (κ2) is 10.4. The lowest BCUT2D eigenvalue weighted by Gasteiger charge is -2.23. The summed E-state index contributed by atoms with van der Waals surface area (Å²) in [7, 11) is 0. The molecule has 0 aliphatic rings. The lowest BCUT2D eigenvalue weighted by atomic mass is 10.2. The van der Waals surface area contributed by atoms with Gasteiger partial charge in [0.05, 0.1) is 11.5 Å². The van der Waals surface area contributed by atoms with Crippen LogP contribution in [0.15, 0.2) is 33.9 Å². The molecule has 1 aromatic carbocycles. The maximum atomic E-state index is 12.0. The summed E-state index contributed by atoms with van der Waals surface area (Å²) < 4.78 is 5.44. The molecule has 8 heteroatoms. The van der Waals surface area contributed by atoms with Gasteiger partial charge in [0.15, 0.2) is 0 Å². The Morgan fingerprint density at radius 2 is 2.20 bits per heavy atom. The van der Waals surface area contributed by atoms with Gasteiger partial charge in [-0.25, -0.2) is 0 Å². The first-order valence-corrected chi connectivity index (χ1v) is 10.5. The van der Waals surface area contributed by atoms with Crippen molar-refractivity contribution < 1.29 is 9.21 Å². The topological polar surface area (TPSA) is 71.3 Å². The monoisotopic (exact) mass is 380 g/mol. The maximum Gasteiger partial charge on any atom is 0.277 e. The highest BCUT2D eigenvalue weighted by atomic mass is 32.2. The number of aromatic nitrogens is 2. The highest BCUT2D eigenvalue weighted by Crippen LogP contribution is 2.18. The average molecular weight is 381 g/mol. The number of amides is 1. The van der Waals surface area contributed by atoms with Gasteiger partial charge in [-0.2, -0.15) is 11.8 Å². The third-order valence-electron chi connectivity index (χ3n) is 3.50. The van der Waals surface area contributed by atoms with Gasteiger partial charge in [-0.1, -0.05) is 23.9 Å². The fraction of sp³-hybridized carbons (Fsp3) is 0.471. The van der Waals surface area contributed by atoms with Crippen molar-refractivity contribution in [3.05, 3.63) is 35.7 Å². The van der Waals surface area contributed by atoms with Crippen LogP contribution in [-0.4, -0.2) is 47.7 Å². The molecule has 0 saturated heterocycles. The molecule has 25 heavy (non-hydrogen) atoms. The number of carbonyl (C=O) groups excluding carboxylic acids is 1. The number of likely N-dealkylation sites (N-methyl/N-ethyl adjacent to an activating group) is 1. The van der Waals surface area contributed by atoms with Crippen LogP contribution in [0.1, 0.15) is 18.4 Å². The minimum Gasteiger partial charge on any atom is -0.415 e. The highest BCUT2D eigenvalue weighted by Gasteiger charge is 2.10. The summed E-state index contributed by atoms with van der Waals surface area (Å²) in [5, 5.41) is 11.2. The van der Waals surface area contributed by atoms with Crippen molar-refractivity contribution >= 4 is 35.1 Å². The minimum absolute atomic E-state index is 0.0325. The molecule has 1 aromatic heterocycles. The number of hydrogen-bond donors (Lipinski definition) is 1. The van der Waals surface area contributed by atoms with Crippen LogP contribution in [0.25, 0.3) is 0 Å². The van der Waals surface area contributed by atoms with Crippen molar-refractivity contribution in [2.24, 2.45) is 0 Å². The molecule has 0 aliphatic carbocycles. The standard InChI is InChI=1S/C17H24N4O2S2/c1-4-21(14-7-5-6-13(2)10-14)9-8-18-15(22)11-25-17-20-19-16(23-17)12-24-3/h5-7,10H,4,8-9,11-12H2,1-3H3,(H,18,22). The van der Waals surface area contributed by atoms with Crippen molar-refractivity contribution in [2.75, 3.05) is 36.5 Å². The van der Waals surface area contributed by atoms with Gasteiger partial charge in [-0.15, -0.1) is 10.2 Å². The Kier molecular flexibility index (Phi) is 8.14. The summed E-state index contributed by atoms with van der Waals surface area (Å²) in [5.74, 6) is 1.52. The number of rotatable bonds is 10. The Morgan fingerprint density at radius 1 is 1.36 bits per heavy atom. The van der Waals surface area contributed by atoms with E-state index in [0.29, 0.717) is 23.4 Å². The number of hydrogen-bond acceptors (Lipinski definition) is 7. The molecule has 0 aliphatic heterocycles. The van der Waals surface area contributed by atoms with Crippen LogP contribution in [0.3, 0.4) is 0 Å². The molecule has 2 aromatic rings. The molecule has 0 atom stereocenters. The molecule has 2 rings (SSSR count). The van der Waals surface area contributed by atoms with Crippen molar-refractivity contribution in [1.29, 1.82) is 0 Å². The summed E-state index contributed by atoms with van der Waals surface area (Å²) >= 11 is 2.88. The molecular formula is C17H24N4O2S2. The molecule has 1 amide bonds. The van der Waals surface area contributed by atoms with Crippen molar-refractivity contribution in [1.82, 2.24) is 15.5 Å². The van der Waals surface area contributed by atoms with Gasteiger partial charge in [0.2, 0.25) is 11.8 Å². The Morgan fingerprint density at radius 3 is 2.92 bits per heavy atom.